The van der Waals surface area contributed by atoms with Crippen molar-refractivity contribution in [2.24, 2.45) is 0 Å². The van der Waals surface area contributed by atoms with Gasteiger partial charge in [0.1, 0.15) is 6.10 Å². The molecule has 43 valence electrons. The fraction of sp³-hybridized carbons (Fsp3) is 0.750. The largest absolute Gasteiger partial charge is 0.387 e. The first-order chi connectivity index (χ1) is 3.18. The topological polar surface area (TPSA) is 60.7 Å². The van der Waals surface area contributed by atoms with E-state index in [0.717, 1.165) is 0 Å². The van der Waals surface area contributed by atoms with Crippen LogP contribution in [0.3, 0.4) is 0 Å². The number of hydrogen-bond donors (Lipinski definition) is 3. The molecule has 0 amide bonds. The van der Waals surface area contributed by atoms with E-state index in [2.05, 4.69) is 0 Å². The quantitative estimate of drug-likeness (QED) is 0.463. The van der Waals surface area contributed by atoms with Gasteiger partial charge in [0, 0.05) is 0 Å². The summed E-state index contributed by atoms with van der Waals surface area (Å²) in [6, 6.07) is 0. The number of rotatable bonds is 2. The van der Waals surface area contributed by atoms with Crippen LogP contribution in [0.1, 0.15) is 13.3 Å². The maximum absolute atomic E-state index is 8.40. The van der Waals surface area contributed by atoms with Crippen molar-refractivity contribution >= 4 is 0 Å². The third-order valence-electron chi connectivity index (χ3n) is 0.685. The Balaban J connectivity index is 3.14. The Labute approximate surface area is 42.2 Å². The van der Waals surface area contributed by atoms with Gasteiger partial charge in [0.2, 0.25) is 6.29 Å². The predicted octanol–water partition coefficient (Wildman–Crippen LogP) is -0.00821. The molecule has 3 nitrogen and oxygen atoms in total. The highest BCUT2D eigenvalue weighted by atomic mass is 16.5. The first-order valence-corrected chi connectivity index (χ1v) is 2.11. The second-order valence-electron chi connectivity index (χ2n) is 1.28. The molecule has 0 saturated heterocycles. The third kappa shape index (κ3) is 2.56. The van der Waals surface area contributed by atoms with Gasteiger partial charge in [-0.3, -0.25) is 0 Å². The summed E-state index contributed by atoms with van der Waals surface area (Å²) in [7, 11) is 0. The average molecular weight is 105 g/mol. The summed E-state index contributed by atoms with van der Waals surface area (Å²) in [5.74, 6) is 0. The van der Waals surface area contributed by atoms with Crippen LogP contribution in [-0.4, -0.2) is 21.4 Å². The summed E-state index contributed by atoms with van der Waals surface area (Å²) >= 11 is 0. The van der Waals surface area contributed by atoms with E-state index < -0.39 is 12.4 Å². The Hall–Kier alpha value is -0.120. The highest BCUT2D eigenvalue weighted by molar-refractivity contribution is 4.68. The van der Waals surface area contributed by atoms with Gasteiger partial charge in [-0.1, -0.05) is 6.92 Å². The fourth-order valence-electron chi connectivity index (χ4n) is 0.183. The summed E-state index contributed by atoms with van der Waals surface area (Å²) in [5.41, 5.74) is 0. The minimum atomic E-state index is -1.07. The molecule has 0 aromatic rings. The van der Waals surface area contributed by atoms with E-state index in [1.165, 1.54) is 0 Å². The van der Waals surface area contributed by atoms with Gasteiger partial charge in [-0.15, -0.1) is 0 Å². The van der Waals surface area contributed by atoms with Crippen LogP contribution in [0.15, 0.2) is 0 Å². The Bertz CT molecular complexity index is 44.2. The summed E-state index contributed by atoms with van der Waals surface area (Å²) in [5, 5.41) is 24.5. The maximum Gasteiger partial charge on any atom is 0.248 e. The van der Waals surface area contributed by atoms with Crippen molar-refractivity contribution in [3.63, 3.8) is 0 Å². The zero-order valence-electron chi connectivity index (χ0n) is 4.13. The minimum absolute atomic E-state index is 0.336. The maximum atomic E-state index is 8.40. The van der Waals surface area contributed by atoms with Gasteiger partial charge in [-0.05, 0) is 6.42 Å². The summed E-state index contributed by atoms with van der Waals surface area (Å²) in [6.07, 6.45) is -1.63. The standard InChI is InChI=1S/C4H9O3/c1-2-3(5)4(6)7/h3,5-7H,2H2,1H3. The molecular weight excluding hydrogens is 96.0 g/mol. The van der Waals surface area contributed by atoms with Crippen molar-refractivity contribution in [1.29, 1.82) is 0 Å². The van der Waals surface area contributed by atoms with Gasteiger partial charge in [-0.2, -0.15) is 0 Å². The lowest BCUT2D eigenvalue weighted by Gasteiger charge is -2.05. The van der Waals surface area contributed by atoms with Crippen LogP contribution in [0.2, 0.25) is 0 Å². The molecule has 0 aliphatic heterocycles. The molecule has 1 radical (unpaired) electrons. The predicted molar refractivity (Wildman–Crippen MR) is 23.4 cm³/mol. The van der Waals surface area contributed by atoms with Crippen molar-refractivity contribution in [2.75, 3.05) is 0 Å². The molecule has 0 fully saturated rings. The van der Waals surface area contributed by atoms with Crippen molar-refractivity contribution in [2.45, 2.75) is 19.4 Å². The number of aliphatic hydroxyl groups is 3. The van der Waals surface area contributed by atoms with Crippen LogP contribution in [0.25, 0.3) is 0 Å². The van der Waals surface area contributed by atoms with Crippen molar-refractivity contribution in [1.82, 2.24) is 0 Å². The minimum Gasteiger partial charge on any atom is -0.387 e. The highest BCUT2D eigenvalue weighted by Gasteiger charge is 2.10. The molecule has 0 aromatic carbocycles. The zero-order valence-corrected chi connectivity index (χ0v) is 4.13. The highest BCUT2D eigenvalue weighted by Crippen LogP contribution is 1.99. The molecule has 0 aliphatic carbocycles. The molecule has 0 spiro atoms. The van der Waals surface area contributed by atoms with Gasteiger partial charge in [-0.25, -0.2) is 0 Å². The Morgan fingerprint density at radius 1 is 1.57 bits per heavy atom. The second-order valence-corrected chi connectivity index (χ2v) is 1.28. The molecule has 3 N–H and O–H groups in total. The molecule has 0 rings (SSSR count). The molecule has 0 aliphatic rings. The van der Waals surface area contributed by atoms with Gasteiger partial charge < -0.3 is 15.3 Å². The van der Waals surface area contributed by atoms with E-state index in [-0.39, 0.29) is 0 Å². The van der Waals surface area contributed by atoms with Crippen molar-refractivity contribution in [3.8, 4) is 0 Å². The van der Waals surface area contributed by atoms with Gasteiger partial charge >= 0.3 is 0 Å². The van der Waals surface area contributed by atoms with Gasteiger partial charge in [0.25, 0.3) is 0 Å². The molecule has 0 saturated carbocycles. The second kappa shape index (κ2) is 2.96. The molecule has 0 aromatic heterocycles. The van der Waals surface area contributed by atoms with Crippen LogP contribution >= 0.6 is 0 Å². The Kier molecular flexibility index (Phi) is 2.91. The van der Waals surface area contributed by atoms with Crippen LogP contribution < -0.4 is 0 Å². The van der Waals surface area contributed by atoms with E-state index in [1.54, 1.807) is 6.92 Å². The first-order valence-electron chi connectivity index (χ1n) is 2.11. The van der Waals surface area contributed by atoms with Crippen molar-refractivity contribution < 1.29 is 15.3 Å². The van der Waals surface area contributed by atoms with Crippen molar-refractivity contribution in [3.05, 3.63) is 6.29 Å². The lowest BCUT2D eigenvalue weighted by Crippen LogP contribution is -2.15. The van der Waals surface area contributed by atoms with E-state index in [1.807, 2.05) is 0 Å². The molecule has 1 unspecified atom stereocenters. The third-order valence-corrected chi connectivity index (χ3v) is 0.685. The zero-order chi connectivity index (χ0) is 5.86. The van der Waals surface area contributed by atoms with E-state index in [4.69, 9.17) is 15.3 Å². The normalized spacial score (nSPS) is 15.0. The molecule has 0 heterocycles. The van der Waals surface area contributed by atoms with Crippen LogP contribution in [-0.2, 0) is 0 Å². The molecule has 7 heavy (non-hydrogen) atoms. The molecule has 0 bridgehead atoms. The molecular formula is C4H9O3. The summed E-state index contributed by atoms with van der Waals surface area (Å²) in [4.78, 5) is 0. The summed E-state index contributed by atoms with van der Waals surface area (Å²) in [6.45, 7) is 1.65. The monoisotopic (exact) mass is 105 g/mol. The van der Waals surface area contributed by atoms with Gasteiger partial charge in [0.15, 0.2) is 0 Å². The van der Waals surface area contributed by atoms with E-state index in [0.29, 0.717) is 6.42 Å². The lowest BCUT2D eigenvalue weighted by molar-refractivity contribution is -0.0226. The lowest BCUT2D eigenvalue weighted by atomic mass is 10.3. The SMILES string of the molecule is CCC(O)[C](O)O. The number of aliphatic hydroxyl groups excluding tert-OH is 2. The Morgan fingerprint density at radius 3 is 2.00 bits per heavy atom. The van der Waals surface area contributed by atoms with Crippen LogP contribution in [0, 0.1) is 6.29 Å². The average Bonchev–Trinajstić information content (AvgIpc) is 1.65. The van der Waals surface area contributed by atoms with Gasteiger partial charge in [0.05, 0.1) is 0 Å². The molecule has 1 atom stereocenters. The Morgan fingerprint density at radius 2 is 2.00 bits per heavy atom. The smallest absolute Gasteiger partial charge is 0.248 e. The van der Waals surface area contributed by atoms with E-state index in [9.17, 15) is 0 Å². The summed E-state index contributed by atoms with van der Waals surface area (Å²) < 4.78 is 0. The number of hydrogen-bond acceptors (Lipinski definition) is 3. The first kappa shape index (κ1) is 6.88. The van der Waals surface area contributed by atoms with Crippen LogP contribution in [0.5, 0.6) is 0 Å². The van der Waals surface area contributed by atoms with Crippen LogP contribution in [0.4, 0.5) is 0 Å². The molecule has 3 heteroatoms. The van der Waals surface area contributed by atoms with E-state index >= 15 is 0 Å². The fourth-order valence-corrected chi connectivity index (χ4v) is 0.183.